The second kappa shape index (κ2) is 36.3. The summed E-state index contributed by atoms with van der Waals surface area (Å²) in [6.45, 7) is 2.27. The van der Waals surface area contributed by atoms with Crippen LogP contribution < -0.4 is 0 Å². The summed E-state index contributed by atoms with van der Waals surface area (Å²) in [4.78, 5) is 34.8. The standard InChI is InChI=1S/C40H71O10P/c1-3-5-7-9-11-13-14-15-16-17-18-19-20-21-22-24-26-28-30-32-40(44)50-38(36-49-51(45,46)48-34-37(42)33-41)35-47-39(43)31-29-27-25-23-12-10-8-6-4-2/h11,13,15-16,18-19,21-22,37-38,41-42H,3-10,12,14,17,20,23-36H2,1-2H3,(H,45,46)/b13-11-,16-15-,19-18-,22-21-/t37-,38+/m0/s1. The SMILES string of the molecule is CCCCC/C=C\C/C=C\C/C=C\C/C=C\CCCCCC(=O)O[C@H](COC(=O)CCCCCCCCCCC)COP(=O)(O)OC[C@@H](O)CO. The molecule has 296 valence electrons. The second-order valence-electron chi connectivity index (χ2n) is 13.0. The molecule has 0 aliphatic rings. The van der Waals surface area contributed by atoms with Gasteiger partial charge >= 0.3 is 19.8 Å². The molecule has 0 heterocycles. The van der Waals surface area contributed by atoms with Gasteiger partial charge < -0.3 is 24.6 Å². The van der Waals surface area contributed by atoms with E-state index >= 15 is 0 Å². The van der Waals surface area contributed by atoms with E-state index in [-0.39, 0.29) is 19.4 Å². The van der Waals surface area contributed by atoms with Gasteiger partial charge in [0.25, 0.3) is 0 Å². The molecule has 0 amide bonds. The predicted octanol–water partition coefficient (Wildman–Crippen LogP) is 9.77. The molecule has 0 aliphatic carbocycles. The topological polar surface area (TPSA) is 149 Å². The molecular weight excluding hydrogens is 671 g/mol. The summed E-state index contributed by atoms with van der Waals surface area (Å²) < 4.78 is 32.5. The molecule has 10 nitrogen and oxygen atoms in total. The zero-order chi connectivity index (χ0) is 37.7. The predicted molar refractivity (Wildman–Crippen MR) is 205 cm³/mol. The second-order valence-corrected chi connectivity index (χ2v) is 14.4. The van der Waals surface area contributed by atoms with Crippen LogP contribution in [0.1, 0.15) is 155 Å². The van der Waals surface area contributed by atoms with E-state index in [0.29, 0.717) is 12.8 Å². The van der Waals surface area contributed by atoms with E-state index < -0.39 is 51.8 Å². The maximum absolute atomic E-state index is 12.5. The van der Waals surface area contributed by atoms with Gasteiger partial charge in [0.05, 0.1) is 19.8 Å². The smallest absolute Gasteiger partial charge is 0.462 e. The van der Waals surface area contributed by atoms with Gasteiger partial charge in [-0.3, -0.25) is 18.6 Å². The van der Waals surface area contributed by atoms with Crippen LogP contribution in [0.4, 0.5) is 0 Å². The molecule has 0 spiro atoms. The third-order valence-electron chi connectivity index (χ3n) is 7.99. The number of phosphoric ester groups is 1. The maximum Gasteiger partial charge on any atom is 0.472 e. The largest absolute Gasteiger partial charge is 0.472 e. The minimum Gasteiger partial charge on any atom is -0.462 e. The number of hydrogen-bond donors (Lipinski definition) is 3. The summed E-state index contributed by atoms with van der Waals surface area (Å²) in [6.07, 6.45) is 36.6. The van der Waals surface area contributed by atoms with Gasteiger partial charge in [-0.15, -0.1) is 0 Å². The van der Waals surface area contributed by atoms with Crippen LogP contribution in [-0.2, 0) is 32.7 Å². The molecule has 3 atom stereocenters. The number of rotatable bonds is 36. The average Bonchev–Trinajstić information content (AvgIpc) is 3.12. The van der Waals surface area contributed by atoms with Gasteiger partial charge in [0.1, 0.15) is 12.7 Å². The lowest BCUT2D eigenvalue weighted by Gasteiger charge is -2.20. The molecule has 0 aromatic rings. The Morgan fingerprint density at radius 1 is 0.588 bits per heavy atom. The fourth-order valence-electron chi connectivity index (χ4n) is 4.92. The Balaban J connectivity index is 4.40. The average molecular weight is 743 g/mol. The lowest BCUT2D eigenvalue weighted by Crippen LogP contribution is -2.29. The summed E-state index contributed by atoms with van der Waals surface area (Å²) in [7, 11) is -4.62. The fourth-order valence-corrected chi connectivity index (χ4v) is 5.71. The monoisotopic (exact) mass is 742 g/mol. The van der Waals surface area contributed by atoms with Crippen LogP contribution in [0.25, 0.3) is 0 Å². The van der Waals surface area contributed by atoms with Crippen molar-refractivity contribution in [3.8, 4) is 0 Å². The Hall–Kier alpha value is -2.07. The first-order chi connectivity index (χ1) is 24.7. The highest BCUT2D eigenvalue weighted by molar-refractivity contribution is 7.47. The molecular formula is C40H71O10P. The van der Waals surface area contributed by atoms with Crippen LogP contribution in [0.5, 0.6) is 0 Å². The van der Waals surface area contributed by atoms with Crippen molar-refractivity contribution in [3.05, 3.63) is 48.6 Å². The van der Waals surface area contributed by atoms with Gasteiger partial charge in [-0.25, -0.2) is 4.57 Å². The highest BCUT2D eigenvalue weighted by Crippen LogP contribution is 2.43. The fraction of sp³-hybridized carbons (Fsp3) is 0.750. The van der Waals surface area contributed by atoms with Gasteiger partial charge in [0.15, 0.2) is 6.10 Å². The lowest BCUT2D eigenvalue weighted by atomic mass is 10.1. The van der Waals surface area contributed by atoms with Crippen LogP contribution in [0.3, 0.4) is 0 Å². The normalized spacial score (nSPS) is 14.5. The van der Waals surface area contributed by atoms with E-state index in [1.54, 1.807) is 0 Å². The molecule has 11 heteroatoms. The summed E-state index contributed by atoms with van der Waals surface area (Å²) in [5.74, 6) is -0.967. The minimum absolute atomic E-state index is 0.146. The van der Waals surface area contributed by atoms with Gasteiger partial charge in [-0.05, 0) is 57.8 Å². The van der Waals surface area contributed by atoms with Crippen molar-refractivity contribution in [2.75, 3.05) is 26.4 Å². The number of allylic oxidation sites excluding steroid dienone is 8. The minimum atomic E-state index is -4.62. The summed E-state index contributed by atoms with van der Waals surface area (Å²) in [5.41, 5.74) is 0. The highest BCUT2D eigenvalue weighted by atomic mass is 31.2. The van der Waals surface area contributed by atoms with Crippen molar-refractivity contribution in [1.82, 2.24) is 0 Å². The third-order valence-corrected chi connectivity index (χ3v) is 8.94. The number of esters is 2. The van der Waals surface area contributed by atoms with Crippen molar-refractivity contribution in [2.45, 2.75) is 167 Å². The van der Waals surface area contributed by atoms with E-state index in [2.05, 4.69) is 67.0 Å². The molecule has 3 N–H and O–H groups in total. The van der Waals surface area contributed by atoms with Crippen LogP contribution >= 0.6 is 7.82 Å². The Morgan fingerprint density at radius 3 is 1.57 bits per heavy atom. The van der Waals surface area contributed by atoms with E-state index in [1.165, 1.54) is 57.8 Å². The van der Waals surface area contributed by atoms with Gasteiger partial charge in [-0.1, -0.05) is 133 Å². The Kier molecular flexibility index (Phi) is 34.8. The molecule has 0 aliphatic heterocycles. The molecule has 1 unspecified atom stereocenters. The first-order valence-electron chi connectivity index (χ1n) is 19.6. The Morgan fingerprint density at radius 2 is 1.02 bits per heavy atom. The number of aliphatic hydroxyl groups excluding tert-OH is 2. The van der Waals surface area contributed by atoms with Crippen molar-refractivity contribution >= 4 is 19.8 Å². The summed E-state index contributed by atoms with van der Waals surface area (Å²) in [6, 6.07) is 0. The number of carbonyl (C=O) groups is 2. The first kappa shape index (κ1) is 48.9. The van der Waals surface area contributed by atoms with E-state index in [9.17, 15) is 24.2 Å². The lowest BCUT2D eigenvalue weighted by molar-refractivity contribution is -0.161. The molecule has 0 bridgehead atoms. The summed E-state index contributed by atoms with van der Waals surface area (Å²) in [5, 5.41) is 18.3. The van der Waals surface area contributed by atoms with Crippen LogP contribution in [-0.4, -0.2) is 65.7 Å². The van der Waals surface area contributed by atoms with Crippen molar-refractivity contribution in [1.29, 1.82) is 0 Å². The first-order valence-corrected chi connectivity index (χ1v) is 21.1. The van der Waals surface area contributed by atoms with Crippen LogP contribution in [0, 0.1) is 0 Å². The molecule has 0 radical (unpaired) electrons. The number of unbranched alkanes of at least 4 members (excludes halogenated alkanes) is 14. The van der Waals surface area contributed by atoms with Crippen molar-refractivity contribution in [2.24, 2.45) is 0 Å². The number of aliphatic hydroxyl groups is 2. The molecule has 0 rings (SSSR count). The molecule has 0 fully saturated rings. The van der Waals surface area contributed by atoms with Crippen molar-refractivity contribution < 1.29 is 47.8 Å². The molecule has 0 aromatic carbocycles. The van der Waals surface area contributed by atoms with Gasteiger partial charge in [0.2, 0.25) is 0 Å². The Labute approximate surface area is 309 Å². The van der Waals surface area contributed by atoms with Crippen LogP contribution in [0.15, 0.2) is 48.6 Å². The summed E-state index contributed by atoms with van der Waals surface area (Å²) >= 11 is 0. The molecule has 0 saturated heterocycles. The highest BCUT2D eigenvalue weighted by Gasteiger charge is 2.27. The van der Waals surface area contributed by atoms with Gasteiger partial charge in [-0.2, -0.15) is 0 Å². The quantitative estimate of drug-likeness (QED) is 0.0245. The molecule has 51 heavy (non-hydrogen) atoms. The molecule has 0 aromatic heterocycles. The van der Waals surface area contributed by atoms with E-state index in [4.69, 9.17) is 19.1 Å². The maximum atomic E-state index is 12.5. The number of carbonyl (C=O) groups excluding carboxylic acids is 2. The van der Waals surface area contributed by atoms with E-state index in [0.717, 1.165) is 57.8 Å². The number of hydrogen-bond acceptors (Lipinski definition) is 9. The van der Waals surface area contributed by atoms with Gasteiger partial charge in [0, 0.05) is 12.8 Å². The van der Waals surface area contributed by atoms with Crippen LogP contribution in [0.2, 0.25) is 0 Å². The number of ether oxygens (including phenoxy) is 2. The Bertz CT molecular complexity index is 994. The van der Waals surface area contributed by atoms with Crippen molar-refractivity contribution in [3.63, 3.8) is 0 Å². The zero-order valence-electron chi connectivity index (χ0n) is 31.8. The molecule has 0 saturated carbocycles. The number of phosphoric acid groups is 1. The van der Waals surface area contributed by atoms with E-state index in [1.807, 2.05) is 0 Å². The zero-order valence-corrected chi connectivity index (χ0v) is 32.7. The third kappa shape index (κ3) is 36.1.